The van der Waals surface area contributed by atoms with E-state index in [9.17, 15) is 13.5 Å². The lowest BCUT2D eigenvalue weighted by molar-refractivity contribution is 0.266. The molecule has 2 heterocycles. The first-order chi connectivity index (χ1) is 11.9. The minimum atomic E-state index is -3.82. The number of aromatic nitrogens is 1. The first-order valence-corrected chi connectivity index (χ1v) is 9.15. The second-order valence-corrected chi connectivity index (χ2v) is 7.38. The van der Waals surface area contributed by atoms with Crippen molar-refractivity contribution in [2.75, 3.05) is 5.32 Å². The van der Waals surface area contributed by atoms with Gasteiger partial charge in [0.05, 0.1) is 10.4 Å². The second-order valence-electron chi connectivity index (χ2n) is 5.82. The Hall–Kier alpha value is -2.74. The number of nitrogens with one attached hydrogen (secondary N) is 1. The van der Waals surface area contributed by atoms with Crippen LogP contribution in [-0.2, 0) is 10.0 Å². The number of rotatable bonds is 2. The fraction of sp³-hybridized carbons (Fsp3) is 0.0556. The molecule has 0 fully saturated rings. The van der Waals surface area contributed by atoms with Gasteiger partial charge in [-0.05, 0) is 42.0 Å². The lowest BCUT2D eigenvalue weighted by atomic mass is 10.0. The highest BCUT2D eigenvalue weighted by Crippen LogP contribution is 2.37. The van der Waals surface area contributed by atoms with Crippen LogP contribution in [0.3, 0.4) is 0 Å². The number of hydrogen-bond acceptors (Lipinski definition) is 5. The predicted molar refractivity (Wildman–Crippen MR) is 97.1 cm³/mol. The second kappa shape index (κ2) is 5.66. The molecule has 4 N–H and O–H groups in total. The summed E-state index contributed by atoms with van der Waals surface area (Å²) in [5, 5.41) is 19.5. The van der Waals surface area contributed by atoms with Crippen molar-refractivity contribution >= 4 is 38.3 Å². The van der Waals surface area contributed by atoms with E-state index in [4.69, 9.17) is 5.14 Å². The zero-order valence-corrected chi connectivity index (χ0v) is 13.9. The molecule has 126 valence electrons. The zero-order valence-electron chi connectivity index (χ0n) is 13.0. The molecule has 3 aromatic rings. The summed E-state index contributed by atoms with van der Waals surface area (Å²) in [5.74, 6) is 0. The van der Waals surface area contributed by atoms with Crippen molar-refractivity contribution in [2.24, 2.45) is 5.14 Å². The number of nitrogens with two attached hydrogens (primary N) is 1. The quantitative estimate of drug-likeness (QED) is 0.655. The third-order valence-electron chi connectivity index (χ3n) is 4.21. The standard InChI is InChI=1S/C18H15N3O3S/c19-25(23,24)12-5-6-17-14(10-12)15(18(22)21-17)9-11-7-8-20-16-4-2-1-3-13(11)16/h1-10,18,21-22H,(H2,19,23,24). The number of sulfonamides is 1. The summed E-state index contributed by atoms with van der Waals surface area (Å²) < 4.78 is 23.2. The first kappa shape index (κ1) is 15.8. The number of aliphatic hydroxyl groups is 1. The number of nitrogens with zero attached hydrogens (tertiary/aromatic N) is 1. The Balaban J connectivity index is 1.91. The van der Waals surface area contributed by atoms with E-state index in [2.05, 4.69) is 10.3 Å². The maximum Gasteiger partial charge on any atom is 0.238 e. The molecule has 0 spiro atoms. The van der Waals surface area contributed by atoms with Gasteiger partial charge >= 0.3 is 0 Å². The van der Waals surface area contributed by atoms with Crippen LogP contribution in [-0.4, -0.2) is 24.7 Å². The number of primary sulfonamides is 1. The minimum absolute atomic E-state index is 0.00707. The molecule has 25 heavy (non-hydrogen) atoms. The molecule has 1 aliphatic rings. The maximum absolute atomic E-state index is 11.6. The van der Waals surface area contributed by atoms with Gasteiger partial charge in [0.1, 0.15) is 0 Å². The molecule has 6 nitrogen and oxygen atoms in total. The smallest absolute Gasteiger partial charge is 0.238 e. The molecule has 1 atom stereocenters. The van der Waals surface area contributed by atoms with Crippen molar-refractivity contribution in [1.82, 2.24) is 4.98 Å². The van der Waals surface area contributed by atoms with E-state index in [0.717, 1.165) is 16.5 Å². The molecular weight excluding hydrogens is 338 g/mol. The van der Waals surface area contributed by atoms with Gasteiger partial charge in [0.2, 0.25) is 10.0 Å². The molecule has 0 radical (unpaired) electrons. The van der Waals surface area contributed by atoms with E-state index in [-0.39, 0.29) is 4.90 Å². The average Bonchev–Trinajstić information content (AvgIpc) is 2.89. The SMILES string of the molecule is NS(=O)(=O)c1ccc2c(c1)C(=Cc1ccnc3ccccc13)C(O)N2. The number of para-hydroxylation sites is 1. The summed E-state index contributed by atoms with van der Waals surface area (Å²) in [6.45, 7) is 0. The van der Waals surface area contributed by atoms with Gasteiger partial charge in [0, 0.05) is 28.4 Å². The third kappa shape index (κ3) is 2.78. The Morgan fingerprint density at radius 1 is 1.16 bits per heavy atom. The van der Waals surface area contributed by atoms with E-state index in [1.807, 2.05) is 36.4 Å². The normalized spacial score (nSPS) is 18.3. The van der Waals surface area contributed by atoms with Gasteiger partial charge in [-0.25, -0.2) is 13.6 Å². The van der Waals surface area contributed by atoms with Gasteiger partial charge in [-0.2, -0.15) is 0 Å². The van der Waals surface area contributed by atoms with Crippen molar-refractivity contribution in [3.05, 3.63) is 65.9 Å². The zero-order chi connectivity index (χ0) is 17.6. The summed E-state index contributed by atoms with van der Waals surface area (Å²) in [5.41, 5.74) is 3.58. The molecular formula is C18H15N3O3S. The summed E-state index contributed by atoms with van der Waals surface area (Å²) in [7, 11) is -3.82. The molecule has 1 unspecified atom stereocenters. The van der Waals surface area contributed by atoms with Gasteiger partial charge < -0.3 is 10.4 Å². The van der Waals surface area contributed by atoms with Crippen LogP contribution in [0.4, 0.5) is 5.69 Å². The molecule has 1 aliphatic heterocycles. The predicted octanol–water partition coefficient (Wildman–Crippen LogP) is 2.17. The topological polar surface area (TPSA) is 105 Å². The highest BCUT2D eigenvalue weighted by Gasteiger charge is 2.26. The number of aliphatic hydroxyl groups excluding tert-OH is 1. The largest absolute Gasteiger partial charge is 0.369 e. The van der Waals surface area contributed by atoms with Gasteiger partial charge in [-0.15, -0.1) is 0 Å². The van der Waals surface area contributed by atoms with Crippen molar-refractivity contribution in [3.8, 4) is 0 Å². The van der Waals surface area contributed by atoms with Gasteiger partial charge in [0.15, 0.2) is 6.23 Å². The van der Waals surface area contributed by atoms with Crippen LogP contribution >= 0.6 is 0 Å². The number of anilines is 1. The van der Waals surface area contributed by atoms with Crippen LogP contribution in [0.5, 0.6) is 0 Å². The van der Waals surface area contributed by atoms with E-state index in [1.165, 1.54) is 12.1 Å². The number of hydrogen-bond donors (Lipinski definition) is 3. The lowest BCUT2D eigenvalue weighted by Crippen LogP contribution is -2.12. The molecule has 1 aromatic heterocycles. The van der Waals surface area contributed by atoms with Gasteiger partial charge in [-0.1, -0.05) is 18.2 Å². The van der Waals surface area contributed by atoms with E-state index >= 15 is 0 Å². The van der Waals surface area contributed by atoms with E-state index in [0.29, 0.717) is 16.8 Å². The Bertz CT molecular complexity index is 1120. The Labute approximate surface area is 144 Å². The van der Waals surface area contributed by atoms with Crippen molar-refractivity contribution in [3.63, 3.8) is 0 Å². The van der Waals surface area contributed by atoms with E-state index in [1.54, 1.807) is 12.3 Å². The molecule has 0 bridgehead atoms. The Kier molecular flexibility index (Phi) is 3.57. The lowest BCUT2D eigenvalue weighted by Gasteiger charge is -2.07. The third-order valence-corrected chi connectivity index (χ3v) is 5.12. The van der Waals surface area contributed by atoms with E-state index < -0.39 is 16.3 Å². The van der Waals surface area contributed by atoms with Crippen molar-refractivity contribution in [1.29, 1.82) is 0 Å². The Morgan fingerprint density at radius 2 is 1.96 bits per heavy atom. The highest BCUT2D eigenvalue weighted by atomic mass is 32.2. The molecule has 0 amide bonds. The molecule has 7 heteroatoms. The van der Waals surface area contributed by atoms with Gasteiger partial charge in [-0.3, -0.25) is 4.98 Å². The minimum Gasteiger partial charge on any atom is -0.369 e. The fourth-order valence-corrected chi connectivity index (χ4v) is 3.55. The monoisotopic (exact) mass is 353 g/mol. The molecule has 0 aliphatic carbocycles. The molecule has 0 saturated heterocycles. The molecule has 2 aromatic carbocycles. The van der Waals surface area contributed by atoms with Crippen molar-refractivity contribution in [2.45, 2.75) is 11.1 Å². The average molecular weight is 353 g/mol. The summed E-state index contributed by atoms with van der Waals surface area (Å²) in [4.78, 5) is 4.33. The molecule has 4 rings (SSSR count). The summed E-state index contributed by atoms with van der Waals surface area (Å²) in [6.07, 6.45) is 2.60. The number of fused-ring (bicyclic) bond motifs is 2. The maximum atomic E-state index is 11.6. The number of benzene rings is 2. The van der Waals surface area contributed by atoms with Gasteiger partial charge in [0.25, 0.3) is 0 Å². The van der Waals surface area contributed by atoms with Crippen LogP contribution in [0.15, 0.2) is 59.6 Å². The van der Waals surface area contributed by atoms with Crippen LogP contribution in [0, 0.1) is 0 Å². The van der Waals surface area contributed by atoms with Crippen LogP contribution < -0.4 is 10.5 Å². The van der Waals surface area contributed by atoms with Crippen molar-refractivity contribution < 1.29 is 13.5 Å². The fourth-order valence-electron chi connectivity index (χ4n) is 3.01. The Morgan fingerprint density at radius 3 is 2.76 bits per heavy atom. The van der Waals surface area contributed by atoms with Crippen LogP contribution in [0.25, 0.3) is 22.6 Å². The first-order valence-electron chi connectivity index (χ1n) is 7.61. The summed E-state index contributed by atoms with van der Waals surface area (Å²) >= 11 is 0. The highest BCUT2D eigenvalue weighted by molar-refractivity contribution is 7.89. The van der Waals surface area contributed by atoms with Crippen LogP contribution in [0.2, 0.25) is 0 Å². The summed E-state index contributed by atoms with van der Waals surface area (Å²) in [6, 6.07) is 14.0. The van der Waals surface area contributed by atoms with Crippen LogP contribution in [0.1, 0.15) is 11.1 Å². The molecule has 0 saturated carbocycles. The number of pyridine rings is 1.